The van der Waals surface area contributed by atoms with Crippen LogP contribution in [0.25, 0.3) is 0 Å². The summed E-state index contributed by atoms with van der Waals surface area (Å²) in [5, 5.41) is 3.26. The first-order valence-electron chi connectivity index (χ1n) is 5.17. The van der Waals surface area contributed by atoms with E-state index < -0.39 is 0 Å². The molecule has 0 saturated heterocycles. The predicted molar refractivity (Wildman–Crippen MR) is 69.8 cm³/mol. The number of nitrogens with two attached hydrogens (primary N) is 1. The van der Waals surface area contributed by atoms with Crippen LogP contribution in [-0.4, -0.2) is 4.98 Å². The Morgan fingerprint density at radius 3 is 2.81 bits per heavy atom. The van der Waals surface area contributed by atoms with Gasteiger partial charge in [0.05, 0.1) is 6.54 Å². The zero-order chi connectivity index (χ0) is 11.5. The lowest BCUT2D eigenvalue weighted by atomic mass is 10.3. The fourth-order valence-electron chi connectivity index (χ4n) is 1.46. The van der Waals surface area contributed by atoms with Crippen LogP contribution in [-0.2, 0) is 6.54 Å². The minimum atomic E-state index is 0.545. The summed E-state index contributed by atoms with van der Waals surface area (Å²) in [4.78, 5) is 6.88. The summed E-state index contributed by atoms with van der Waals surface area (Å²) >= 11 is 1.82. The van der Waals surface area contributed by atoms with E-state index in [4.69, 9.17) is 5.73 Å². The molecule has 0 fully saturated rings. The van der Waals surface area contributed by atoms with E-state index in [0.29, 0.717) is 5.82 Å². The third-order valence-corrected chi connectivity index (χ3v) is 3.58. The molecule has 16 heavy (non-hydrogen) atoms. The topological polar surface area (TPSA) is 50.9 Å². The van der Waals surface area contributed by atoms with Crippen molar-refractivity contribution >= 4 is 23.0 Å². The van der Waals surface area contributed by atoms with Crippen molar-refractivity contribution in [2.45, 2.75) is 20.4 Å². The molecule has 0 saturated carbocycles. The first-order chi connectivity index (χ1) is 7.65. The van der Waals surface area contributed by atoms with Crippen LogP contribution >= 0.6 is 11.3 Å². The molecule has 3 N–H and O–H groups in total. The van der Waals surface area contributed by atoms with Gasteiger partial charge in [0.15, 0.2) is 0 Å². The summed E-state index contributed by atoms with van der Waals surface area (Å²) in [5.74, 6) is 1.37. The fourth-order valence-corrected chi connectivity index (χ4v) is 2.46. The number of nitrogens with zero attached hydrogens (tertiary/aromatic N) is 1. The second-order valence-electron chi connectivity index (χ2n) is 3.75. The number of aromatic nitrogens is 1. The van der Waals surface area contributed by atoms with Crippen molar-refractivity contribution in [2.24, 2.45) is 0 Å². The highest BCUT2D eigenvalue weighted by molar-refractivity contribution is 7.12. The monoisotopic (exact) mass is 233 g/mol. The summed E-state index contributed by atoms with van der Waals surface area (Å²) in [5.41, 5.74) is 6.96. The minimum absolute atomic E-state index is 0.545. The van der Waals surface area contributed by atoms with Crippen LogP contribution in [0.15, 0.2) is 24.3 Å². The second-order valence-corrected chi connectivity index (χ2v) is 5.09. The maximum Gasteiger partial charge on any atom is 0.128 e. The van der Waals surface area contributed by atoms with E-state index in [1.807, 2.05) is 23.5 Å². The summed E-state index contributed by atoms with van der Waals surface area (Å²) in [7, 11) is 0. The van der Waals surface area contributed by atoms with E-state index in [-0.39, 0.29) is 0 Å². The van der Waals surface area contributed by atoms with Gasteiger partial charge >= 0.3 is 0 Å². The Hall–Kier alpha value is -1.55. The minimum Gasteiger partial charge on any atom is -0.384 e. The Kier molecular flexibility index (Phi) is 3.10. The molecule has 0 amide bonds. The molecule has 0 radical (unpaired) electrons. The molecule has 0 bridgehead atoms. The van der Waals surface area contributed by atoms with Gasteiger partial charge in [-0.2, -0.15) is 0 Å². The first kappa shape index (κ1) is 11.0. The first-order valence-corrected chi connectivity index (χ1v) is 5.99. The Morgan fingerprint density at radius 2 is 2.19 bits per heavy atom. The molecule has 0 atom stereocenters. The molecule has 0 aliphatic carbocycles. The van der Waals surface area contributed by atoms with Gasteiger partial charge in [-0.15, -0.1) is 11.3 Å². The van der Waals surface area contributed by atoms with Gasteiger partial charge in [-0.1, -0.05) is 6.07 Å². The fraction of sp³-hybridized carbons (Fsp3) is 0.250. The van der Waals surface area contributed by atoms with Gasteiger partial charge in [-0.3, -0.25) is 0 Å². The van der Waals surface area contributed by atoms with Crippen LogP contribution in [0, 0.1) is 13.8 Å². The lowest BCUT2D eigenvalue weighted by Gasteiger charge is -2.03. The van der Waals surface area contributed by atoms with Crippen molar-refractivity contribution < 1.29 is 0 Å². The van der Waals surface area contributed by atoms with Gasteiger partial charge in [0.1, 0.15) is 11.6 Å². The average molecular weight is 233 g/mol. The summed E-state index contributed by atoms with van der Waals surface area (Å²) < 4.78 is 0. The van der Waals surface area contributed by atoms with Gasteiger partial charge in [-0.25, -0.2) is 4.98 Å². The summed E-state index contributed by atoms with van der Waals surface area (Å²) in [6.45, 7) is 5.08. The molecule has 0 spiro atoms. The number of thiophene rings is 1. The third-order valence-electron chi connectivity index (χ3n) is 2.43. The lowest BCUT2D eigenvalue weighted by Crippen LogP contribution is -2.01. The molecule has 0 aromatic carbocycles. The van der Waals surface area contributed by atoms with Crippen LogP contribution in [0.2, 0.25) is 0 Å². The van der Waals surface area contributed by atoms with Crippen molar-refractivity contribution in [3.63, 3.8) is 0 Å². The SMILES string of the molecule is Cc1cc(CNc2cccc(N)n2)sc1C. The summed E-state index contributed by atoms with van der Waals surface area (Å²) in [6, 6.07) is 7.81. The van der Waals surface area contributed by atoms with Crippen LogP contribution in [0.1, 0.15) is 15.3 Å². The maximum absolute atomic E-state index is 5.61. The standard InChI is InChI=1S/C12H15N3S/c1-8-6-10(16-9(8)2)7-14-12-5-3-4-11(13)15-12/h3-6H,7H2,1-2H3,(H3,13,14,15). The molecule has 2 heterocycles. The van der Waals surface area contributed by atoms with Crippen molar-refractivity contribution in [2.75, 3.05) is 11.1 Å². The molecule has 84 valence electrons. The zero-order valence-electron chi connectivity index (χ0n) is 9.45. The molecule has 2 aromatic rings. The van der Waals surface area contributed by atoms with Crippen LogP contribution < -0.4 is 11.1 Å². The van der Waals surface area contributed by atoms with Crippen LogP contribution in [0.5, 0.6) is 0 Å². The molecule has 4 heteroatoms. The normalized spacial score (nSPS) is 10.4. The number of nitrogens with one attached hydrogen (secondary N) is 1. The maximum atomic E-state index is 5.61. The quantitative estimate of drug-likeness (QED) is 0.857. The number of aryl methyl sites for hydroxylation is 2. The van der Waals surface area contributed by atoms with Gasteiger partial charge in [0.25, 0.3) is 0 Å². The lowest BCUT2D eigenvalue weighted by molar-refractivity contribution is 1.14. The predicted octanol–water partition coefficient (Wildman–Crippen LogP) is 2.95. The van der Waals surface area contributed by atoms with Crippen molar-refractivity contribution in [1.29, 1.82) is 0 Å². The number of hydrogen-bond donors (Lipinski definition) is 2. The highest BCUT2D eigenvalue weighted by Crippen LogP contribution is 2.21. The molecule has 0 unspecified atom stereocenters. The van der Waals surface area contributed by atoms with Gasteiger partial charge in [0, 0.05) is 9.75 Å². The van der Waals surface area contributed by atoms with Gasteiger partial charge in [-0.05, 0) is 37.6 Å². The van der Waals surface area contributed by atoms with E-state index in [1.165, 1.54) is 15.3 Å². The van der Waals surface area contributed by atoms with E-state index >= 15 is 0 Å². The second kappa shape index (κ2) is 4.53. The van der Waals surface area contributed by atoms with Crippen LogP contribution in [0.4, 0.5) is 11.6 Å². The largest absolute Gasteiger partial charge is 0.384 e. The molecule has 0 aliphatic heterocycles. The van der Waals surface area contributed by atoms with E-state index in [2.05, 4.69) is 30.2 Å². The average Bonchev–Trinajstić information content (AvgIpc) is 2.56. The summed E-state index contributed by atoms with van der Waals surface area (Å²) in [6.07, 6.45) is 0. The van der Waals surface area contributed by atoms with Crippen molar-refractivity contribution in [3.8, 4) is 0 Å². The Balaban J connectivity index is 2.02. The third kappa shape index (κ3) is 2.52. The van der Waals surface area contributed by atoms with E-state index in [1.54, 1.807) is 6.07 Å². The molecule has 3 nitrogen and oxygen atoms in total. The van der Waals surface area contributed by atoms with Crippen molar-refractivity contribution in [1.82, 2.24) is 4.98 Å². The van der Waals surface area contributed by atoms with E-state index in [0.717, 1.165) is 12.4 Å². The number of pyridine rings is 1. The highest BCUT2D eigenvalue weighted by Gasteiger charge is 2.01. The molecule has 0 aliphatic rings. The Morgan fingerprint density at radius 1 is 1.38 bits per heavy atom. The molecule has 2 rings (SSSR count). The Bertz CT molecular complexity index is 471. The van der Waals surface area contributed by atoms with Crippen molar-refractivity contribution in [3.05, 3.63) is 39.6 Å². The number of anilines is 2. The molecule has 2 aromatic heterocycles. The number of nitrogen functional groups attached to an aromatic ring is 1. The smallest absolute Gasteiger partial charge is 0.128 e. The number of hydrogen-bond acceptors (Lipinski definition) is 4. The zero-order valence-corrected chi connectivity index (χ0v) is 10.3. The van der Waals surface area contributed by atoms with Crippen LogP contribution in [0.3, 0.4) is 0 Å². The van der Waals surface area contributed by atoms with Gasteiger partial charge in [0.2, 0.25) is 0 Å². The van der Waals surface area contributed by atoms with E-state index in [9.17, 15) is 0 Å². The van der Waals surface area contributed by atoms with Gasteiger partial charge < -0.3 is 11.1 Å². The highest BCUT2D eigenvalue weighted by atomic mass is 32.1. The Labute approximate surface area is 99.3 Å². The molecular weight excluding hydrogens is 218 g/mol. The number of rotatable bonds is 3. The molecular formula is C12H15N3S.